The minimum Gasteiger partial charge on any atom is -0.437 e. The van der Waals surface area contributed by atoms with Crippen molar-refractivity contribution in [3.05, 3.63) is 46.1 Å². The Labute approximate surface area is 114 Å². The maximum absolute atomic E-state index is 12.9. The van der Waals surface area contributed by atoms with Crippen LogP contribution in [-0.4, -0.2) is 9.97 Å². The van der Waals surface area contributed by atoms with Crippen molar-refractivity contribution in [1.29, 1.82) is 0 Å². The van der Waals surface area contributed by atoms with Crippen LogP contribution in [0.4, 0.5) is 4.39 Å². The summed E-state index contributed by atoms with van der Waals surface area (Å²) in [5, 5.41) is 0.456. The van der Waals surface area contributed by atoms with Gasteiger partial charge in [0.25, 0.3) is 0 Å². The zero-order valence-electron chi connectivity index (χ0n) is 9.45. The lowest BCUT2D eigenvalue weighted by Gasteiger charge is -2.07. The van der Waals surface area contributed by atoms with E-state index in [0.29, 0.717) is 18.0 Å². The summed E-state index contributed by atoms with van der Waals surface area (Å²) >= 11 is 11.7. The fraction of sp³-hybridized carbons (Fsp3) is 0.167. The summed E-state index contributed by atoms with van der Waals surface area (Å²) in [6, 6.07) is 5.32. The van der Waals surface area contributed by atoms with Gasteiger partial charge in [0.1, 0.15) is 22.5 Å². The van der Waals surface area contributed by atoms with Crippen LogP contribution in [0, 0.1) is 5.82 Å². The summed E-state index contributed by atoms with van der Waals surface area (Å²) < 4.78 is 18.3. The molecule has 1 heterocycles. The van der Waals surface area contributed by atoms with E-state index >= 15 is 0 Å². The maximum atomic E-state index is 12.9. The number of rotatable bonds is 3. The summed E-state index contributed by atoms with van der Waals surface area (Å²) in [5.74, 6) is 0.730. The predicted molar refractivity (Wildman–Crippen MR) is 67.9 cm³/mol. The summed E-state index contributed by atoms with van der Waals surface area (Å²) in [4.78, 5) is 8.15. The number of ether oxygens (including phenoxy) is 1. The van der Waals surface area contributed by atoms with E-state index in [1.165, 1.54) is 24.3 Å². The molecule has 1 aromatic heterocycles. The molecule has 0 radical (unpaired) electrons. The third-order valence-electron chi connectivity index (χ3n) is 2.14. The summed E-state index contributed by atoms with van der Waals surface area (Å²) in [6.45, 7) is 1.90. The molecule has 2 aromatic rings. The molecule has 0 atom stereocenters. The van der Waals surface area contributed by atoms with Crippen LogP contribution in [0.15, 0.2) is 24.3 Å². The van der Waals surface area contributed by atoms with Crippen LogP contribution in [0.25, 0.3) is 0 Å². The van der Waals surface area contributed by atoms with E-state index in [9.17, 15) is 4.39 Å². The number of aromatic nitrogens is 2. The standard InChI is InChI=1S/C12H9Cl2FN2O/c1-2-11-16-10(14)6-12(17-11)18-9-4-3-7(15)5-8(9)13/h3-6H,2H2,1H3. The van der Waals surface area contributed by atoms with Crippen LogP contribution in [-0.2, 0) is 6.42 Å². The molecule has 0 N–H and O–H groups in total. The second kappa shape index (κ2) is 5.50. The third kappa shape index (κ3) is 3.09. The van der Waals surface area contributed by atoms with Gasteiger partial charge in [-0.2, -0.15) is 4.98 Å². The molecule has 3 nitrogen and oxygen atoms in total. The van der Waals surface area contributed by atoms with E-state index in [0.717, 1.165) is 0 Å². The van der Waals surface area contributed by atoms with Gasteiger partial charge in [-0.1, -0.05) is 30.1 Å². The largest absolute Gasteiger partial charge is 0.437 e. The lowest BCUT2D eigenvalue weighted by atomic mass is 10.3. The number of hydrogen-bond donors (Lipinski definition) is 0. The fourth-order valence-electron chi connectivity index (χ4n) is 1.32. The average molecular weight is 287 g/mol. The van der Waals surface area contributed by atoms with Crippen molar-refractivity contribution >= 4 is 23.2 Å². The van der Waals surface area contributed by atoms with Crippen LogP contribution < -0.4 is 4.74 Å². The Morgan fingerprint density at radius 1 is 1.22 bits per heavy atom. The highest BCUT2D eigenvalue weighted by atomic mass is 35.5. The molecule has 0 saturated heterocycles. The van der Waals surface area contributed by atoms with Gasteiger partial charge in [-0.05, 0) is 18.2 Å². The van der Waals surface area contributed by atoms with Gasteiger partial charge >= 0.3 is 0 Å². The first-order valence-corrected chi connectivity index (χ1v) is 6.00. The van der Waals surface area contributed by atoms with Crippen molar-refractivity contribution in [3.8, 4) is 11.6 Å². The number of aryl methyl sites for hydroxylation is 1. The van der Waals surface area contributed by atoms with Gasteiger partial charge in [0.05, 0.1) is 5.02 Å². The molecule has 1 aromatic carbocycles. The topological polar surface area (TPSA) is 35.0 Å². The van der Waals surface area contributed by atoms with E-state index in [2.05, 4.69) is 9.97 Å². The quantitative estimate of drug-likeness (QED) is 0.790. The van der Waals surface area contributed by atoms with Crippen LogP contribution in [0.1, 0.15) is 12.7 Å². The number of benzene rings is 1. The summed E-state index contributed by atoms with van der Waals surface area (Å²) in [6.07, 6.45) is 0.633. The molecule has 6 heteroatoms. The van der Waals surface area contributed by atoms with Gasteiger partial charge in [-0.3, -0.25) is 0 Å². The minimum atomic E-state index is -0.428. The van der Waals surface area contributed by atoms with Crippen LogP contribution >= 0.6 is 23.2 Å². The van der Waals surface area contributed by atoms with Gasteiger partial charge in [0.15, 0.2) is 0 Å². The van der Waals surface area contributed by atoms with E-state index in [4.69, 9.17) is 27.9 Å². The zero-order valence-corrected chi connectivity index (χ0v) is 11.0. The van der Waals surface area contributed by atoms with Gasteiger partial charge in [0.2, 0.25) is 5.88 Å². The molecule has 0 aliphatic heterocycles. The first kappa shape index (κ1) is 13.1. The van der Waals surface area contributed by atoms with Crippen molar-refractivity contribution in [3.63, 3.8) is 0 Å². The molecule has 18 heavy (non-hydrogen) atoms. The van der Waals surface area contributed by atoms with Crippen LogP contribution in [0.2, 0.25) is 10.2 Å². The molecule has 0 fully saturated rings. The molecule has 0 aliphatic carbocycles. The summed E-state index contributed by atoms with van der Waals surface area (Å²) in [7, 11) is 0. The highest BCUT2D eigenvalue weighted by Crippen LogP contribution is 2.29. The van der Waals surface area contributed by atoms with Crippen molar-refractivity contribution in [2.45, 2.75) is 13.3 Å². The Balaban J connectivity index is 2.30. The van der Waals surface area contributed by atoms with Crippen LogP contribution in [0.5, 0.6) is 11.6 Å². The first-order valence-electron chi connectivity index (χ1n) is 5.25. The monoisotopic (exact) mass is 286 g/mol. The van der Waals surface area contributed by atoms with Gasteiger partial charge in [-0.15, -0.1) is 0 Å². The minimum absolute atomic E-state index is 0.169. The van der Waals surface area contributed by atoms with E-state index < -0.39 is 5.82 Å². The molecular weight excluding hydrogens is 278 g/mol. The van der Waals surface area contributed by atoms with Crippen molar-refractivity contribution < 1.29 is 9.13 Å². The first-order chi connectivity index (χ1) is 8.58. The lowest BCUT2D eigenvalue weighted by Crippen LogP contribution is -1.96. The number of halogens is 3. The van der Waals surface area contributed by atoms with E-state index in [-0.39, 0.29) is 16.1 Å². The molecule has 0 aliphatic rings. The number of nitrogens with zero attached hydrogens (tertiary/aromatic N) is 2. The van der Waals surface area contributed by atoms with E-state index in [1.807, 2.05) is 6.92 Å². The Morgan fingerprint density at radius 3 is 2.67 bits per heavy atom. The van der Waals surface area contributed by atoms with Gasteiger partial charge in [-0.25, -0.2) is 9.37 Å². The van der Waals surface area contributed by atoms with Crippen LogP contribution in [0.3, 0.4) is 0 Å². The fourth-order valence-corrected chi connectivity index (χ4v) is 1.72. The molecule has 0 amide bonds. The van der Waals surface area contributed by atoms with Gasteiger partial charge < -0.3 is 4.74 Å². The Kier molecular flexibility index (Phi) is 3.99. The molecule has 0 spiro atoms. The Hall–Kier alpha value is -1.39. The predicted octanol–water partition coefficient (Wildman–Crippen LogP) is 4.28. The number of hydrogen-bond acceptors (Lipinski definition) is 3. The Bertz CT molecular complexity index is 578. The second-order valence-corrected chi connectivity index (χ2v) is 4.27. The lowest BCUT2D eigenvalue weighted by molar-refractivity contribution is 0.457. The molecular formula is C12H9Cl2FN2O. The SMILES string of the molecule is CCc1nc(Cl)cc(Oc2ccc(F)cc2Cl)n1. The average Bonchev–Trinajstić information content (AvgIpc) is 2.32. The Morgan fingerprint density at radius 2 is 2.00 bits per heavy atom. The second-order valence-electron chi connectivity index (χ2n) is 3.48. The molecule has 2 rings (SSSR count). The smallest absolute Gasteiger partial charge is 0.224 e. The van der Waals surface area contributed by atoms with Crippen molar-refractivity contribution in [2.24, 2.45) is 0 Å². The summed E-state index contributed by atoms with van der Waals surface area (Å²) in [5.41, 5.74) is 0. The normalized spacial score (nSPS) is 10.4. The van der Waals surface area contributed by atoms with E-state index in [1.54, 1.807) is 0 Å². The molecule has 0 saturated carbocycles. The molecule has 0 bridgehead atoms. The molecule has 94 valence electrons. The zero-order chi connectivity index (χ0) is 13.1. The molecule has 0 unspecified atom stereocenters. The van der Waals surface area contributed by atoms with Gasteiger partial charge in [0, 0.05) is 12.5 Å². The highest BCUT2D eigenvalue weighted by molar-refractivity contribution is 6.32. The third-order valence-corrected chi connectivity index (χ3v) is 2.63. The maximum Gasteiger partial charge on any atom is 0.224 e. The highest BCUT2D eigenvalue weighted by Gasteiger charge is 2.08. The van der Waals surface area contributed by atoms with Crippen molar-refractivity contribution in [2.75, 3.05) is 0 Å². The van der Waals surface area contributed by atoms with Crippen molar-refractivity contribution in [1.82, 2.24) is 9.97 Å².